The standard InChI is InChI=1S/C13H14BrN3OS/c1-3-7-18-12-6-5-11(14)8-10(12)9-16-17-13(19)15-4-2/h1,5-6,8-9H,4,7H2,2H3,(H2,15,17,19)/b16-9+. The van der Waals surface area contributed by atoms with Crippen molar-refractivity contribution in [1.82, 2.24) is 10.7 Å². The van der Waals surface area contributed by atoms with Gasteiger partial charge in [0.1, 0.15) is 12.4 Å². The Bertz CT molecular complexity index is 511. The molecule has 0 atom stereocenters. The summed E-state index contributed by atoms with van der Waals surface area (Å²) < 4.78 is 6.35. The van der Waals surface area contributed by atoms with Crippen LogP contribution in [-0.2, 0) is 0 Å². The Hall–Kier alpha value is -1.58. The summed E-state index contributed by atoms with van der Waals surface area (Å²) in [5.41, 5.74) is 3.52. The molecular formula is C13H14BrN3OS. The van der Waals surface area contributed by atoms with E-state index in [1.54, 1.807) is 6.21 Å². The van der Waals surface area contributed by atoms with Crippen LogP contribution < -0.4 is 15.5 Å². The number of nitrogens with zero attached hydrogens (tertiary/aromatic N) is 1. The zero-order chi connectivity index (χ0) is 14.1. The second kappa shape index (κ2) is 8.51. The first-order valence-electron chi connectivity index (χ1n) is 5.60. The topological polar surface area (TPSA) is 45.6 Å². The summed E-state index contributed by atoms with van der Waals surface area (Å²) in [6.07, 6.45) is 6.80. The lowest BCUT2D eigenvalue weighted by atomic mass is 10.2. The SMILES string of the molecule is C#CCOc1ccc(Br)cc1/C=N/NC(=S)NCC. The Morgan fingerprint density at radius 3 is 3.11 bits per heavy atom. The summed E-state index contributed by atoms with van der Waals surface area (Å²) in [5.74, 6) is 3.09. The summed E-state index contributed by atoms with van der Waals surface area (Å²) in [6.45, 7) is 2.91. The molecule has 0 saturated heterocycles. The molecule has 0 fully saturated rings. The molecule has 0 aliphatic carbocycles. The number of halogens is 1. The molecule has 0 radical (unpaired) electrons. The minimum absolute atomic E-state index is 0.214. The zero-order valence-electron chi connectivity index (χ0n) is 10.4. The number of benzene rings is 1. The lowest BCUT2D eigenvalue weighted by Gasteiger charge is -2.07. The van der Waals surface area contributed by atoms with E-state index in [1.807, 2.05) is 25.1 Å². The minimum Gasteiger partial charge on any atom is -0.480 e. The van der Waals surface area contributed by atoms with Gasteiger partial charge < -0.3 is 10.1 Å². The summed E-state index contributed by atoms with van der Waals surface area (Å²) in [7, 11) is 0. The fraction of sp³-hybridized carbons (Fsp3) is 0.231. The first-order chi connectivity index (χ1) is 9.17. The van der Waals surface area contributed by atoms with Crippen LogP contribution in [-0.4, -0.2) is 24.5 Å². The van der Waals surface area contributed by atoms with Crippen molar-refractivity contribution >= 4 is 39.5 Å². The maximum absolute atomic E-state index is 5.42. The first kappa shape index (κ1) is 15.5. The van der Waals surface area contributed by atoms with Crippen molar-refractivity contribution in [2.24, 2.45) is 5.10 Å². The van der Waals surface area contributed by atoms with Crippen LogP contribution in [0.15, 0.2) is 27.8 Å². The van der Waals surface area contributed by atoms with E-state index in [-0.39, 0.29) is 6.61 Å². The highest BCUT2D eigenvalue weighted by molar-refractivity contribution is 9.10. The predicted octanol–water partition coefficient (Wildman–Crippen LogP) is 2.28. The maximum Gasteiger partial charge on any atom is 0.186 e. The number of hydrogen-bond acceptors (Lipinski definition) is 3. The van der Waals surface area contributed by atoms with Crippen LogP contribution in [0.4, 0.5) is 0 Å². The van der Waals surface area contributed by atoms with Crippen molar-refractivity contribution in [1.29, 1.82) is 0 Å². The molecule has 0 unspecified atom stereocenters. The second-order valence-electron chi connectivity index (χ2n) is 3.40. The van der Waals surface area contributed by atoms with Crippen molar-refractivity contribution < 1.29 is 4.74 Å². The zero-order valence-corrected chi connectivity index (χ0v) is 12.8. The largest absolute Gasteiger partial charge is 0.480 e. The molecule has 4 nitrogen and oxygen atoms in total. The Kier molecular flexibility index (Phi) is 6.93. The van der Waals surface area contributed by atoms with Crippen molar-refractivity contribution in [2.75, 3.05) is 13.2 Å². The van der Waals surface area contributed by atoms with Crippen molar-refractivity contribution in [2.45, 2.75) is 6.92 Å². The summed E-state index contributed by atoms with van der Waals surface area (Å²) >= 11 is 8.39. The van der Waals surface area contributed by atoms with Crippen LogP contribution in [0.2, 0.25) is 0 Å². The number of hydrazone groups is 1. The lowest BCUT2D eigenvalue weighted by Crippen LogP contribution is -2.31. The molecule has 19 heavy (non-hydrogen) atoms. The van der Waals surface area contributed by atoms with E-state index in [2.05, 4.69) is 37.7 Å². The summed E-state index contributed by atoms with van der Waals surface area (Å²) in [6, 6.07) is 5.58. The molecule has 0 bridgehead atoms. The molecule has 0 aromatic heterocycles. The van der Waals surface area contributed by atoms with Gasteiger partial charge in [-0.1, -0.05) is 21.9 Å². The maximum atomic E-state index is 5.42. The minimum atomic E-state index is 0.214. The van der Waals surface area contributed by atoms with Gasteiger partial charge in [0.25, 0.3) is 0 Å². The van der Waals surface area contributed by atoms with Crippen LogP contribution in [0.25, 0.3) is 0 Å². The van der Waals surface area contributed by atoms with E-state index in [0.29, 0.717) is 10.9 Å². The Balaban J connectivity index is 2.75. The third-order valence-electron chi connectivity index (χ3n) is 1.99. The molecule has 2 N–H and O–H groups in total. The van der Waals surface area contributed by atoms with Gasteiger partial charge in [-0.25, -0.2) is 0 Å². The molecule has 1 aromatic rings. The highest BCUT2D eigenvalue weighted by Gasteiger charge is 2.02. The quantitative estimate of drug-likeness (QED) is 0.374. The van der Waals surface area contributed by atoms with E-state index in [1.165, 1.54) is 0 Å². The summed E-state index contributed by atoms with van der Waals surface area (Å²) in [4.78, 5) is 0. The van der Waals surface area contributed by atoms with Gasteiger partial charge in [-0.05, 0) is 37.3 Å². The van der Waals surface area contributed by atoms with Crippen LogP contribution in [0, 0.1) is 12.3 Å². The van der Waals surface area contributed by atoms with Crippen LogP contribution in [0.3, 0.4) is 0 Å². The van der Waals surface area contributed by atoms with Gasteiger partial charge in [-0.2, -0.15) is 5.10 Å². The average molecular weight is 340 g/mol. The van der Waals surface area contributed by atoms with Crippen LogP contribution in [0.1, 0.15) is 12.5 Å². The first-order valence-corrected chi connectivity index (χ1v) is 6.80. The third kappa shape index (κ3) is 5.73. The lowest BCUT2D eigenvalue weighted by molar-refractivity contribution is 0.370. The Morgan fingerprint density at radius 1 is 1.63 bits per heavy atom. The van der Waals surface area contributed by atoms with Crippen molar-refractivity contribution in [3.05, 3.63) is 28.2 Å². The smallest absolute Gasteiger partial charge is 0.186 e. The monoisotopic (exact) mass is 339 g/mol. The van der Waals surface area contributed by atoms with E-state index in [4.69, 9.17) is 23.4 Å². The van der Waals surface area contributed by atoms with E-state index in [0.717, 1.165) is 16.6 Å². The van der Waals surface area contributed by atoms with E-state index >= 15 is 0 Å². The number of terminal acetylenes is 1. The number of ether oxygens (including phenoxy) is 1. The fourth-order valence-electron chi connectivity index (χ4n) is 1.23. The van der Waals surface area contributed by atoms with Gasteiger partial charge in [0.15, 0.2) is 5.11 Å². The molecule has 0 spiro atoms. The Morgan fingerprint density at radius 2 is 2.42 bits per heavy atom. The van der Waals surface area contributed by atoms with Crippen LogP contribution in [0.5, 0.6) is 5.75 Å². The number of thiocarbonyl (C=S) groups is 1. The van der Waals surface area contributed by atoms with Crippen molar-refractivity contribution in [3.63, 3.8) is 0 Å². The molecule has 0 saturated carbocycles. The van der Waals surface area contributed by atoms with Gasteiger partial charge in [0.05, 0.1) is 6.21 Å². The second-order valence-corrected chi connectivity index (χ2v) is 4.73. The molecule has 1 rings (SSSR count). The molecular weight excluding hydrogens is 326 g/mol. The summed E-state index contributed by atoms with van der Waals surface area (Å²) in [5, 5.41) is 7.44. The van der Waals surface area contributed by atoms with Gasteiger partial charge >= 0.3 is 0 Å². The molecule has 0 heterocycles. The highest BCUT2D eigenvalue weighted by atomic mass is 79.9. The molecule has 0 amide bonds. The third-order valence-corrected chi connectivity index (χ3v) is 2.72. The molecule has 1 aromatic carbocycles. The number of nitrogens with one attached hydrogen (secondary N) is 2. The fourth-order valence-corrected chi connectivity index (χ4v) is 1.81. The van der Waals surface area contributed by atoms with Gasteiger partial charge in [-0.3, -0.25) is 5.43 Å². The molecule has 0 aliphatic heterocycles. The van der Waals surface area contributed by atoms with Crippen LogP contribution >= 0.6 is 28.1 Å². The van der Waals surface area contributed by atoms with Crippen molar-refractivity contribution in [3.8, 4) is 18.1 Å². The average Bonchev–Trinajstić information content (AvgIpc) is 2.38. The number of rotatable bonds is 5. The van der Waals surface area contributed by atoms with E-state index in [9.17, 15) is 0 Å². The highest BCUT2D eigenvalue weighted by Crippen LogP contribution is 2.21. The molecule has 0 aliphatic rings. The number of hydrogen-bond donors (Lipinski definition) is 2. The van der Waals surface area contributed by atoms with E-state index < -0.39 is 0 Å². The Labute approximate surface area is 126 Å². The van der Waals surface area contributed by atoms with Gasteiger partial charge in [0.2, 0.25) is 0 Å². The normalized spacial score (nSPS) is 9.95. The molecule has 100 valence electrons. The molecule has 6 heteroatoms. The predicted molar refractivity (Wildman–Crippen MR) is 85.5 cm³/mol. The van der Waals surface area contributed by atoms with Gasteiger partial charge in [0, 0.05) is 16.6 Å². The van der Waals surface area contributed by atoms with Gasteiger partial charge in [-0.15, -0.1) is 6.42 Å².